The summed E-state index contributed by atoms with van der Waals surface area (Å²) in [6.45, 7) is 14.3. The second-order valence-corrected chi connectivity index (χ2v) is 28.0. The van der Waals surface area contributed by atoms with Gasteiger partial charge in [0.05, 0.1) is 0 Å². The van der Waals surface area contributed by atoms with E-state index < -0.39 is 21.0 Å². The van der Waals surface area contributed by atoms with Gasteiger partial charge >= 0.3 is 366 Å². The molecular formula is C59H52Cl2Hf. The van der Waals surface area contributed by atoms with Gasteiger partial charge in [0.15, 0.2) is 0 Å². The van der Waals surface area contributed by atoms with E-state index in [0.717, 1.165) is 6.42 Å². The number of hydrogen-bond donors (Lipinski definition) is 0. The first-order valence-electron chi connectivity index (χ1n) is 21.6. The third kappa shape index (κ3) is 7.76. The van der Waals surface area contributed by atoms with Gasteiger partial charge in [-0.15, -0.1) is 0 Å². The molecule has 0 fully saturated rings. The van der Waals surface area contributed by atoms with Gasteiger partial charge in [-0.1, -0.05) is 0 Å². The molecule has 8 aromatic carbocycles. The average molecular weight is 1010 g/mol. The molecule has 0 radical (unpaired) electrons. The monoisotopic (exact) mass is 1010 g/mol. The maximum absolute atomic E-state index is 3.43. The summed E-state index contributed by atoms with van der Waals surface area (Å²) in [6, 6.07) is 65.1. The second-order valence-electron chi connectivity index (χ2n) is 18.8. The van der Waals surface area contributed by atoms with Crippen molar-refractivity contribution in [2.45, 2.75) is 62.5 Å². The van der Waals surface area contributed by atoms with Crippen LogP contribution in [0.15, 0.2) is 191 Å². The Hall–Kier alpha value is -4.92. The zero-order chi connectivity index (χ0) is 41.2. The number of fused-ring (bicyclic) bond motifs is 5. The minimum absolute atomic E-state index is 0. The van der Waals surface area contributed by atoms with Crippen molar-refractivity contribution >= 4 is 24.8 Å². The van der Waals surface area contributed by atoms with Gasteiger partial charge in [-0.2, -0.15) is 0 Å². The van der Waals surface area contributed by atoms with Crippen molar-refractivity contribution in [1.29, 1.82) is 0 Å². The van der Waals surface area contributed by atoms with Gasteiger partial charge in [-0.3, -0.25) is 0 Å². The van der Waals surface area contributed by atoms with Crippen molar-refractivity contribution in [2.75, 3.05) is 0 Å². The van der Waals surface area contributed by atoms with Crippen LogP contribution in [0.2, 0.25) is 0 Å². The number of benzene rings is 8. The van der Waals surface area contributed by atoms with E-state index in [4.69, 9.17) is 0 Å². The number of allylic oxidation sites excluding steroid dienone is 4. The molecule has 0 aliphatic heterocycles. The summed E-state index contributed by atoms with van der Waals surface area (Å²) in [5.74, 6) is 0. The van der Waals surface area contributed by atoms with Crippen molar-refractivity contribution in [3.63, 3.8) is 0 Å². The Labute approximate surface area is 388 Å². The van der Waals surface area contributed by atoms with Gasteiger partial charge < -0.3 is 24.8 Å². The standard InChI is InChI=1S/C33H33.C21H14.C5H5.2ClH.Hf/c1-32(2,3)30-20-26-24(18-28(30)22-13-9-7-10-14-22)17-25-19-29(23-15-11-8-12-16-23)31(21-27(25)26)33(4,5)6;1-3-13-20-16(7-1)9-5-11-18(20)15-19-12-6-10-17-8-2-4-14-21(17)19;1-2-4-5-3-1;;;/h7-21H,1-6H3;1-14H;1-3H,4H2;2*1H;/q;;;;;+2/p-2. The van der Waals surface area contributed by atoms with Crippen molar-refractivity contribution in [2.24, 2.45) is 0 Å². The zero-order valence-electron chi connectivity index (χ0n) is 36.4. The van der Waals surface area contributed by atoms with E-state index in [0.29, 0.717) is 0 Å². The van der Waals surface area contributed by atoms with Crippen LogP contribution in [-0.4, -0.2) is 3.26 Å². The Morgan fingerprint density at radius 1 is 0.468 bits per heavy atom. The smallest absolute Gasteiger partial charge is 1.00 e. The third-order valence-electron chi connectivity index (χ3n) is 12.9. The Morgan fingerprint density at radius 3 is 1.31 bits per heavy atom. The van der Waals surface area contributed by atoms with Crippen LogP contribution in [0.4, 0.5) is 0 Å². The summed E-state index contributed by atoms with van der Waals surface area (Å²) in [4.78, 5) is 0. The molecule has 3 heteroatoms. The van der Waals surface area contributed by atoms with Crippen LogP contribution in [0, 0.1) is 0 Å². The van der Waals surface area contributed by atoms with Crippen LogP contribution in [0.25, 0.3) is 54.9 Å². The predicted molar refractivity (Wildman–Crippen MR) is 255 cm³/mol. The van der Waals surface area contributed by atoms with Gasteiger partial charge in [0.2, 0.25) is 0 Å². The number of hydrogen-bond acceptors (Lipinski definition) is 0. The first kappa shape index (κ1) is 43.7. The van der Waals surface area contributed by atoms with E-state index in [2.05, 4.69) is 230 Å². The molecule has 0 N–H and O–H groups in total. The normalized spacial score (nSPS) is 13.1. The van der Waals surface area contributed by atoms with Crippen LogP contribution in [-0.2, 0) is 31.8 Å². The van der Waals surface area contributed by atoms with Gasteiger partial charge in [0.1, 0.15) is 0 Å². The second kappa shape index (κ2) is 17.3. The summed E-state index contributed by atoms with van der Waals surface area (Å²) < 4.78 is 3.53. The van der Waals surface area contributed by atoms with Gasteiger partial charge in [-0.25, -0.2) is 0 Å². The largest absolute Gasteiger partial charge is 1.00 e. The molecule has 0 nitrogen and oxygen atoms in total. The third-order valence-corrected chi connectivity index (χ3v) is 24.9. The fourth-order valence-electron chi connectivity index (χ4n) is 10.1. The number of halogens is 2. The van der Waals surface area contributed by atoms with Gasteiger partial charge in [0.25, 0.3) is 0 Å². The molecule has 0 aromatic heterocycles. The first-order valence-corrected chi connectivity index (χ1v) is 27.3. The van der Waals surface area contributed by atoms with E-state index in [9.17, 15) is 0 Å². The molecule has 0 unspecified atom stereocenters. The molecule has 0 bridgehead atoms. The summed E-state index contributed by atoms with van der Waals surface area (Å²) >= 11 is -3.43. The SMILES string of the molecule is CC(C)(C)c1cc2c(cc1-c1ccccc1)[CH]([Hf+2]([C]1=CC=CC1)=[C](c1cccc3ccccc13)c1cccc3ccccc13)c1cc(-c3ccccc3)c(C(C)(C)C)cc1-2.[Cl-].[Cl-]. The molecule has 2 aliphatic carbocycles. The van der Waals surface area contributed by atoms with E-state index in [1.165, 1.54) is 88.3 Å². The first-order chi connectivity index (χ1) is 29.1. The molecule has 2 aliphatic rings. The maximum atomic E-state index is 2.66. The zero-order valence-corrected chi connectivity index (χ0v) is 41.5. The Balaban J connectivity index is 0.00000264. The molecule has 306 valence electrons. The topological polar surface area (TPSA) is 0 Å². The van der Waals surface area contributed by atoms with Crippen molar-refractivity contribution in [3.05, 3.63) is 225 Å². The van der Waals surface area contributed by atoms with Crippen LogP contribution in [0.5, 0.6) is 0 Å². The van der Waals surface area contributed by atoms with E-state index in [-0.39, 0.29) is 39.3 Å². The van der Waals surface area contributed by atoms with E-state index >= 15 is 0 Å². The van der Waals surface area contributed by atoms with Gasteiger partial charge in [0, 0.05) is 0 Å². The predicted octanol–water partition coefficient (Wildman–Crippen LogP) is 9.73. The fraction of sp³-hybridized carbons (Fsp3) is 0.169. The average Bonchev–Trinajstić information content (AvgIpc) is 3.91. The van der Waals surface area contributed by atoms with E-state index in [1.54, 1.807) is 6.58 Å². The van der Waals surface area contributed by atoms with Crippen molar-refractivity contribution in [3.8, 4) is 33.4 Å². The summed E-state index contributed by atoms with van der Waals surface area (Å²) in [7, 11) is 0. The van der Waals surface area contributed by atoms with Crippen molar-refractivity contribution < 1.29 is 45.8 Å². The number of rotatable bonds is 6. The Bertz CT molecular complexity index is 2870. The molecule has 0 amide bonds. The quantitative estimate of drug-likeness (QED) is 0.146. The molecule has 0 saturated heterocycles. The van der Waals surface area contributed by atoms with Crippen LogP contribution >= 0.6 is 0 Å². The molecule has 0 spiro atoms. The van der Waals surface area contributed by atoms with Crippen LogP contribution in [0.1, 0.15) is 85.0 Å². The van der Waals surface area contributed by atoms with Gasteiger partial charge in [-0.05, 0) is 0 Å². The molecule has 0 saturated carbocycles. The molecule has 8 aromatic rings. The van der Waals surface area contributed by atoms with E-state index in [1.807, 2.05) is 0 Å². The summed E-state index contributed by atoms with van der Waals surface area (Å²) in [6.07, 6.45) is 8.30. The molecule has 0 atom stereocenters. The van der Waals surface area contributed by atoms with Crippen LogP contribution in [0.3, 0.4) is 0 Å². The molecular weight excluding hydrogens is 958 g/mol. The fourth-order valence-corrected chi connectivity index (χ4v) is 23.4. The Morgan fingerprint density at radius 2 is 0.887 bits per heavy atom. The minimum Gasteiger partial charge on any atom is -1.00 e. The molecule has 10 rings (SSSR count). The summed E-state index contributed by atoms with van der Waals surface area (Å²) in [5.41, 5.74) is 16.7. The molecule has 62 heavy (non-hydrogen) atoms. The maximum Gasteiger partial charge on any atom is -1.00 e. The van der Waals surface area contributed by atoms with Crippen LogP contribution < -0.4 is 24.8 Å². The Kier molecular flexibility index (Phi) is 12.2. The molecule has 0 heterocycles. The summed E-state index contributed by atoms with van der Waals surface area (Å²) in [5, 5.41) is 5.28. The minimum atomic E-state index is -3.43. The van der Waals surface area contributed by atoms with Crippen molar-refractivity contribution in [1.82, 2.24) is 0 Å².